The lowest BCUT2D eigenvalue weighted by atomic mass is 10.0. The Morgan fingerprint density at radius 2 is 1.85 bits per heavy atom. The average Bonchev–Trinajstić information content (AvgIpc) is 3.38. The maximum atomic E-state index is 14.1. The Morgan fingerprint density at radius 1 is 1.03 bits per heavy atom. The number of fused-ring (bicyclic) bond motifs is 1. The molecule has 2 N–H and O–H groups in total. The van der Waals surface area contributed by atoms with E-state index in [0.717, 1.165) is 30.8 Å². The number of para-hydroxylation sites is 2. The third-order valence-corrected chi connectivity index (χ3v) is 7.04. The van der Waals surface area contributed by atoms with Crippen molar-refractivity contribution in [1.29, 1.82) is 0 Å². The number of benzene rings is 2. The molecule has 0 spiro atoms. The van der Waals surface area contributed by atoms with Gasteiger partial charge < -0.3 is 25.0 Å². The molecule has 4 heterocycles. The molecule has 0 radical (unpaired) electrons. The van der Waals surface area contributed by atoms with Crippen molar-refractivity contribution in [1.82, 2.24) is 29.8 Å². The van der Waals surface area contributed by atoms with Gasteiger partial charge in [-0.05, 0) is 37.1 Å². The summed E-state index contributed by atoms with van der Waals surface area (Å²) in [6.45, 7) is 3.17. The van der Waals surface area contributed by atoms with Crippen LogP contribution in [-0.4, -0.2) is 70.4 Å². The molecule has 12 heteroatoms. The van der Waals surface area contributed by atoms with Gasteiger partial charge in [0, 0.05) is 44.0 Å². The van der Waals surface area contributed by atoms with Crippen LogP contribution >= 0.6 is 0 Å². The fraction of sp³-hybridized carbons (Fsp3) is 0.407. The van der Waals surface area contributed by atoms with Crippen molar-refractivity contribution in [2.24, 2.45) is 0 Å². The lowest BCUT2D eigenvalue weighted by Gasteiger charge is -2.33. The minimum atomic E-state index is -2.80. The van der Waals surface area contributed by atoms with Gasteiger partial charge >= 0.3 is 0 Å². The van der Waals surface area contributed by atoms with E-state index in [4.69, 9.17) is 19.4 Å². The predicted molar refractivity (Wildman–Crippen MR) is 143 cm³/mol. The van der Waals surface area contributed by atoms with Crippen molar-refractivity contribution >= 4 is 22.7 Å². The molecule has 10 nitrogen and oxygen atoms in total. The van der Waals surface area contributed by atoms with Crippen LogP contribution in [0, 0.1) is 0 Å². The van der Waals surface area contributed by atoms with Gasteiger partial charge in [-0.1, -0.05) is 18.2 Å². The standard InChI is InChI=1S/C27H30F2N8O2/c1-38-19-6-4-5-18(15-19)31-17-9-12-36(13-10-17)26-33-24(22-16-30-11-14-39-22)34-27(35-26)37-21-8-3-2-7-20(21)32-25(37)23(28)29/h2-8,15,17,22-23,30-31H,9-14,16H2,1H3. The first-order chi connectivity index (χ1) is 19.1. The highest BCUT2D eigenvalue weighted by Crippen LogP contribution is 2.29. The summed E-state index contributed by atoms with van der Waals surface area (Å²) in [5, 5.41) is 6.87. The topological polar surface area (TPSA) is 102 Å². The molecule has 2 saturated heterocycles. The maximum absolute atomic E-state index is 14.1. The van der Waals surface area contributed by atoms with Gasteiger partial charge in [0.1, 0.15) is 11.9 Å². The molecular formula is C27H30F2N8O2. The smallest absolute Gasteiger partial charge is 0.296 e. The number of alkyl halides is 2. The molecule has 0 amide bonds. The Bertz CT molecular complexity index is 1430. The molecule has 4 aromatic rings. The Morgan fingerprint density at radius 3 is 2.62 bits per heavy atom. The number of hydrogen-bond donors (Lipinski definition) is 2. The van der Waals surface area contributed by atoms with Crippen molar-refractivity contribution in [2.45, 2.75) is 31.4 Å². The Hall–Kier alpha value is -3.90. The molecular weight excluding hydrogens is 506 g/mol. The van der Waals surface area contributed by atoms with Crippen molar-refractivity contribution in [3.05, 3.63) is 60.2 Å². The second kappa shape index (κ2) is 11.1. The van der Waals surface area contributed by atoms with E-state index in [0.29, 0.717) is 49.0 Å². The fourth-order valence-electron chi connectivity index (χ4n) is 5.06. The van der Waals surface area contributed by atoms with Gasteiger partial charge in [-0.25, -0.2) is 13.8 Å². The van der Waals surface area contributed by atoms with Gasteiger partial charge in [-0.3, -0.25) is 4.57 Å². The van der Waals surface area contributed by atoms with E-state index in [9.17, 15) is 8.78 Å². The molecule has 1 unspecified atom stereocenters. The van der Waals surface area contributed by atoms with Crippen molar-refractivity contribution < 1.29 is 18.3 Å². The molecule has 2 aromatic heterocycles. The normalized spacial score (nSPS) is 18.6. The summed E-state index contributed by atoms with van der Waals surface area (Å²) in [6.07, 6.45) is -1.50. The molecule has 2 aromatic carbocycles. The fourth-order valence-corrected chi connectivity index (χ4v) is 5.06. The molecule has 1 atom stereocenters. The molecule has 2 aliphatic heterocycles. The van der Waals surface area contributed by atoms with Crippen LogP contribution in [0.2, 0.25) is 0 Å². The first kappa shape index (κ1) is 25.4. The number of nitrogens with zero attached hydrogens (tertiary/aromatic N) is 6. The number of hydrogen-bond acceptors (Lipinski definition) is 9. The monoisotopic (exact) mass is 536 g/mol. The highest BCUT2D eigenvalue weighted by atomic mass is 19.3. The van der Waals surface area contributed by atoms with Gasteiger partial charge in [0.25, 0.3) is 6.43 Å². The zero-order valence-corrected chi connectivity index (χ0v) is 21.6. The van der Waals surface area contributed by atoms with E-state index in [1.807, 2.05) is 24.3 Å². The highest BCUT2D eigenvalue weighted by molar-refractivity contribution is 5.77. The van der Waals surface area contributed by atoms with E-state index >= 15 is 0 Å². The lowest BCUT2D eigenvalue weighted by Crippen LogP contribution is -2.40. The van der Waals surface area contributed by atoms with Crippen LogP contribution in [0.15, 0.2) is 48.5 Å². The second-order valence-corrected chi connectivity index (χ2v) is 9.59. The number of halogens is 2. The molecule has 0 bridgehead atoms. The number of ether oxygens (including phenoxy) is 2. The minimum Gasteiger partial charge on any atom is -0.497 e. The summed E-state index contributed by atoms with van der Waals surface area (Å²) >= 11 is 0. The molecule has 6 rings (SSSR count). The Balaban J connectivity index is 1.31. The maximum Gasteiger partial charge on any atom is 0.296 e. The highest BCUT2D eigenvalue weighted by Gasteiger charge is 2.28. The Labute approximate surface area is 224 Å². The first-order valence-corrected chi connectivity index (χ1v) is 13.1. The third-order valence-electron chi connectivity index (χ3n) is 7.04. The summed E-state index contributed by atoms with van der Waals surface area (Å²) in [7, 11) is 1.65. The summed E-state index contributed by atoms with van der Waals surface area (Å²) in [5.74, 6) is 1.38. The van der Waals surface area contributed by atoms with E-state index in [1.54, 1.807) is 31.4 Å². The lowest BCUT2D eigenvalue weighted by molar-refractivity contribution is 0.0220. The summed E-state index contributed by atoms with van der Waals surface area (Å²) in [6, 6.07) is 15.1. The number of imidazole rings is 1. The SMILES string of the molecule is COc1cccc(NC2CCN(c3nc(C4CNCCO4)nc(-n4c(C(F)F)nc5ccccc54)n3)CC2)c1. The number of anilines is 2. The number of morpholine rings is 1. The molecule has 0 saturated carbocycles. The zero-order valence-electron chi connectivity index (χ0n) is 21.6. The Kier molecular flexibility index (Phi) is 7.20. The van der Waals surface area contributed by atoms with Gasteiger partial charge in [0.15, 0.2) is 11.6 Å². The number of piperidine rings is 1. The molecule has 204 valence electrons. The number of aromatic nitrogens is 5. The molecule has 39 heavy (non-hydrogen) atoms. The van der Waals surface area contributed by atoms with Crippen LogP contribution in [0.5, 0.6) is 5.75 Å². The van der Waals surface area contributed by atoms with Crippen LogP contribution in [0.25, 0.3) is 17.0 Å². The average molecular weight is 537 g/mol. The van der Waals surface area contributed by atoms with Gasteiger partial charge in [-0.2, -0.15) is 15.0 Å². The van der Waals surface area contributed by atoms with Gasteiger partial charge in [-0.15, -0.1) is 0 Å². The van der Waals surface area contributed by atoms with Crippen LogP contribution in [-0.2, 0) is 4.74 Å². The van der Waals surface area contributed by atoms with Crippen molar-refractivity contribution in [2.75, 3.05) is 50.1 Å². The van der Waals surface area contributed by atoms with E-state index in [1.165, 1.54) is 4.57 Å². The van der Waals surface area contributed by atoms with E-state index < -0.39 is 18.4 Å². The summed E-state index contributed by atoms with van der Waals surface area (Å²) in [4.78, 5) is 20.3. The van der Waals surface area contributed by atoms with E-state index in [-0.39, 0.29) is 12.0 Å². The van der Waals surface area contributed by atoms with Crippen LogP contribution < -0.4 is 20.3 Å². The van der Waals surface area contributed by atoms with Crippen molar-refractivity contribution in [3.8, 4) is 11.7 Å². The zero-order chi connectivity index (χ0) is 26.8. The molecule has 2 aliphatic rings. The van der Waals surface area contributed by atoms with E-state index in [2.05, 4.69) is 25.5 Å². The minimum absolute atomic E-state index is 0.116. The summed E-state index contributed by atoms with van der Waals surface area (Å²) < 4.78 is 40.8. The van der Waals surface area contributed by atoms with Gasteiger partial charge in [0.2, 0.25) is 11.9 Å². The van der Waals surface area contributed by atoms with Crippen LogP contribution in [0.1, 0.15) is 37.0 Å². The molecule has 0 aliphatic carbocycles. The van der Waals surface area contributed by atoms with Crippen molar-refractivity contribution in [3.63, 3.8) is 0 Å². The van der Waals surface area contributed by atoms with Crippen LogP contribution in [0.4, 0.5) is 20.4 Å². The quantitative estimate of drug-likeness (QED) is 0.364. The first-order valence-electron chi connectivity index (χ1n) is 13.1. The number of nitrogens with one attached hydrogen (secondary N) is 2. The third kappa shape index (κ3) is 5.34. The number of rotatable bonds is 7. The number of methoxy groups -OCH3 is 1. The largest absolute Gasteiger partial charge is 0.497 e. The van der Waals surface area contributed by atoms with Gasteiger partial charge in [0.05, 0.1) is 24.8 Å². The van der Waals surface area contributed by atoms with Crippen LogP contribution in [0.3, 0.4) is 0 Å². The molecule has 2 fully saturated rings. The predicted octanol–water partition coefficient (Wildman–Crippen LogP) is 3.90. The second-order valence-electron chi connectivity index (χ2n) is 9.59. The summed E-state index contributed by atoms with van der Waals surface area (Å²) in [5.41, 5.74) is 1.97.